The summed E-state index contributed by atoms with van der Waals surface area (Å²) in [6.45, 7) is 2.66. The van der Waals surface area contributed by atoms with E-state index in [0.717, 1.165) is 24.2 Å². The molecule has 6 N–H and O–H groups in total. The summed E-state index contributed by atoms with van der Waals surface area (Å²) < 4.78 is 0. The van der Waals surface area contributed by atoms with E-state index in [0.29, 0.717) is 31.5 Å². The summed E-state index contributed by atoms with van der Waals surface area (Å²) in [5.74, 6) is -2.32. The van der Waals surface area contributed by atoms with Crippen LogP contribution in [0.15, 0.2) is 12.5 Å². The molecule has 9 heteroatoms. The van der Waals surface area contributed by atoms with Gasteiger partial charge in [-0.1, -0.05) is 84.0 Å². The number of carboxylic acids is 1. The van der Waals surface area contributed by atoms with Crippen molar-refractivity contribution in [2.45, 2.75) is 135 Å². The van der Waals surface area contributed by atoms with Gasteiger partial charge in [-0.15, -0.1) is 0 Å². The SMILES string of the molecule is CCCCCCCCCCCCCCCC(=O)N(C(=O)[C@@H](N)Cc1cnc[nH]1)[C@@H](CCCCN)C(=O)O. The van der Waals surface area contributed by atoms with Crippen LogP contribution in [0.25, 0.3) is 0 Å². The smallest absolute Gasteiger partial charge is 0.326 e. The van der Waals surface area contributed by atoms with Crippen LogP contribution in [0.2, 0.25) is 0 Å². The zero-order valence-electron chi connectivity index (χ0n) is 23.0. The molecule has 0 bridgehead atoms. The molecule has 0 fully saturated rings. The lowest BCUT2D eigenvalue weighted by molar-refractivity contribution is -0.159. The second kappa shape index (κ2) is 20.8. The molecule has 0 aliphatic rings. The summed E-state index contributed by atoms with van der Waals surface area (Å²) in [4.78, 5) is 46.0. The van der Waals surface area contributed by atoms with Crippen molar-refractivity contribution in [2.24, 2.45) is 11.5 Å². The molecule has 212 valence electrons. The number of carbonyl (C=O) groups excluding carboxylic acids is 2. The molecule has 0 radical (unpaired) electrons. The molecule has 0 aromatic carbocycles. The Morgan fingerprint density at radius 3 is 1.97 bits per heavy atom. The Morgan fingerprint density at radius 2 is 1.49 bits per heavy atom. The number of carboxylic acid groups (broad SMARTS) is 1. The number of aliphatic carboxylic acids is 1. The predicted molar refractivity (Wildman–Crippen MR) is 147 cm³/mol. The summed E-state index contributed by atoms with van der Waals surface area (Å²) in [5.41, 5.74) is 12.3. The Labute approximate surface area is 223 Å². The van der Waals surface area contributed by atoms with Crippen molar-refractivity contribution >= 4 is 17.8 Å². The molecule has 9 nitrogen and oxygen atoms in total. The van der Waals surface area contributed by atoms with Crippen LogP contribution in [0, 0.1) is 0 Å². The second-order valence-corrected chi connectivity index (χ2v) is 10.1. The highest BCUT2D eigenvalue weighted by Crippen LogP contribution is 2.17. The van der Waals surface area contributed by atoms with Gasteiger partial charge in [-0.3, -0.25) is 14.5 Å². The molecule has 0 aliphatic heterocycles. The first-order valence-electron chi connectivity index (χ1n) is 14.4. The summed E-state index contributed by atoms with van der Waals surface area (Å²) in [6, 6.07) is -2.27. The van der Waals surface area contributed by atoms with Gasteiger partial charge in [-0.25, -0.2) is 9.78 Å². The van der Waals surface area contributed by atoms with Gasteiger partial charge in [0.1, 0.15) is 6.04 Å². The molecule has 1 rings (SSSR count). The van der Waals surface area contributed by atoms with Gasteiger partial charge < -0.3 is 21.6 Å². The number of H-pyrrole nitrogens is 1. The van der Waals surface area contributed by atoms with Crippen molar-refractivity contribution in [3.05, 3.63) is 18.2 Å². The van der Waals surface area contributed by atoms with Gasteiger partial charge in [0.15, 0.2) is 0 Å². The minimum Gasteiger partial charge on any atom is -0.480 e. The molecular formula is C28H51N5O4. The van der Waals surface area contributed by atoms with E-state index in [1.165, 1.54) is 64.1 Å². The van der Waals surface area contributed by atoms with Crippen molar-refractivity contribution < 1.29 is 19.5 Å². The zero-order chi connectivity index (χ0) is 27.3. The number of nitrogens with one attached hydrogen (secondary N) is 1. The lowest BCUT2D eigenvalue weighted by Crippen LogP contribution is -2.54. The Bertz CT molecular complexity index is 741. The second-order valence-electron chi connectivity index (χ2n) is 10.1. The van der Waals surface area contributed by atoms with Gasteiger partial charge in [0.05, 0.1) is 12.4 Å². The molecule has 0 unspecified atom stereocenters. The van der Waals surface area contributed by atoms with Crippen LogP contribution >= 0.6 is 0 Å². The fraction of sp³-hybridized carbons (Fsp3) is 0.786. The van der Waals surface area contributed by atoms with Crippen molar-refractivity contribution in [3.8, 4) is 0 Å². The minimum atomic E-state index is -1.23. The Morgan fingerprint density at radius 1 is 0.919 bits per heavy atom. The first kappa shape index (κ1) is 32.8. The molecule has 0 aliphatic carbocycles. The number of rotatable bonds is 23. The van der Waals surface area contributed by atoms with Crippen LogP contribution in [0.5, 0.6) is 0 Å². The zero-order valence-corrected chi connectivity index (χ0v) is 23.0. The minimum absolute atomic E-state index is 0.140. The highest BCUT2D eigenvalue weighted by atomic mass is 16.4. The Balaban J connectivity index is 2.50. The molecule has 2 amide bonds. The van der Waals surface area contributed by atoms with Crippen LogP contribution < -0.4 is 11.5 Å². The molecule has 1 heterocycles. The average molecular weight is 522 g/mol. The normalized spacial score (nSPS) is 12.8. The van der Waals surface area contributed by atoms with Gasteiger partial charge in [-0.2, -0.15) is 0 Å². The third-order valence-corrected chi connectivity index (χ3v) is 6.84. The third-order valence-electron chi connectivity index (χ3n) is 6.84. The third kappa shape index (κ3) is 14.3. The summed E-state index contributed by atoms with van der Waals surface area (Å²) >= 11 is 0. The van der Waals surface area contributed by atoms with Gasteiger partial charge in [-0.05, 0) is 32.2 Å². The van der Waals surface area contributed by atoms with Gasteiger partial charge in [0.2, 0.25) is 11.8 Å². The monoisotopic (exact) mass is 521 g/mol. The number of carbonyl (C=O) groups is 3. The summed E-state index contributed by atoms with van der Waals surface area (Å²) in [7, 11) is 0. The molecule has 1 aromatic heterocycles. The van der Waals surface area contributed by atoms with E-state index < -0.39 is 29.9 Å². The number of amides is 2. The van der Waals surface area contributed by atoms with E-state index >= 15 is 0 Å². The maximum absolute atomic E-state index is 13.2. The van der Waals surface area contributed by atoms with E-state index in [1.807, 2.05) is 0 Å². The maximum Gasteiger partial charge on any atom is 0.326 e. The van der Waals surface area contributed by atoms with Crippen LogP contribution in [-0.2, 0) is 20.8 Å². The molecule has 37 heavy (non-hydrogen) atoms. The van der Waals surface area contributed by atoms with Crippen molar-refractivity contribution in [1.82, 2.24) is 14.9 Å². The highest BCUT2D eigenvalue weighted by Gasteiger charge is 2.36. The first-order chi connectivity index (χ1) is 17.9. The molecule has 0 saturated carbocycles. The summed E-state index contributed by atoms with van der Waals surface area (Å²) in [5, 5.41) is 9.83. The van der Waals surface area contributed by atoms with Crippen LogP contribution in [0.3, 0.4) is 0 Å². The standard InChI is InChI=1S/C28H51N5O4/c1-2-3-4-5-6-7-8-9-10-11-12-13-14-18-26(34)33(25(28(36)37)17-15-16-19-29)27(35)24(30)20-23-21-31-22-32-23/h21-22,24-25H,2-20,29-30H2,1H3,(H,31,32)(H,36,37)/t24-,25-/m0/s1. The molecular weight excluding hydrogens is 470 g/mol. The number of hydrogen-bond donors (Lipinski definition) is 4. The van der Waals surface area contributed by atoms with Gasteiger partial charge in [0, 0.05) is 24.7 Å². The number of aromatic amines is 1. The Kier molecular flexibility index (Phi) is 18.4. The fourth-order valence-corrected chi connectivity index (χ4v) is 4.61. The average Bonchev–Trinajstić information content (AvgIpc) is 3.39. The van der Waals surface area contributed by atoms with Crippen molar-refractivity contribution in [3.63, 3.8) is 0 Å². The largest absolute Gasteiger partial charge is 0.480 e. The highest BCUT2D eigenvalue weighted by molar-refractivity contribution is 6.01. The molecule has 0 spiro atoms. The number of aromatic nitrogens is 2. The lowest BCUT2D eigenvalue weighted by atomic mass is 10.0. The number of imide groups is 1. The van der Waals surface area contributed by atoms with Crippen LogP contribution in [0.1, 0.15) is 122 Å². The van der Waals surface area contributed by atoms with Crippen molar-refractivity contribution in [2.75, 3.05) is 6.54 Å². The van der Waals surface area contributed by atoms with Gasteiger partial charge >= 0.3 is 5.97 Å². The van der Waals surface area contributed by atoms with E-state index in [1.54, 1.807) is 6.20 Å². The number of nitrogens with two attached hydrogens (primary N) is 2. The van der Waals surface area contributed by atoms with E-state index in [2.05, 4.69) is 16.9 Å². The van der Waals surface area contributed by atoms with Crippen molar-refractivity contribution in [1.29, 1.82) is 0 Å². The maximum atomic E-state index is 13.2. The van der Waals surface area contributed by atoms with Crippen LogP contribution in [0.4, 0.5) is 0 Å². The topological polar surface area (TPSA) is 155 Å². The van der Waals surface area contributed by atoms with Gasteiger partial charge in [0.25, 0.3) is 0 Å². The molecule has 0 saturated heterocycles. The van der Waals surface area contributed by atoms with E-state index in [9.17, 15) is 19.5 Å². The quantitative estimate of drug-likeness (QED) is 0.152. The predicted octanol–water partition coefficient (Wildman–Crippen LogP) is 4.70. The van der Waals surface area contributed by atoms with E-state index in [-0.39, 0.29) is 19.3 Å². The molecule has 2 atom stereocenters. The number of hydrogen-bond acceptors (Lipinski definition) is 6. The number of nitrogens with zero attached hydrogens (tertiary/aromatic N) is 2. The molecule has 1 aromatic rings. The summed E-state index contributed by atoms with van der Waals surface area (Å²) in [6.07, 6.45) is 20.1. The van der Waals surface area contributed by atoms with Crippen LogP contribution in [-0.4, -0.2) is 56.4 Å². The number of imidazole rings is 1. The number of unbranched alkanes of at least 4 members (excludes halogenated alkanes) is 13. The van der Waals surface area contributed by atoms with E-state index in [4.69, 9.17) is 11.5 Å². The fourth-order valence-electron chi connectivity index (χ4n) is 4.61. The lowest BCUT2D eigenvalue weighted by Gasteiger charge is -2.29. The Hall–Kier alpha value is -2.26. The first-order valence-corrected chi connectivity index (χ1v) is 14.4.